The summed E-state index contributed by atoms with van der Waals surface area (Å²) in [5.74, 6) is -1.21. The number of amides is 1. The lowest BCUT2D eigenvalue weighted by molar-refractivity contribution is -0.139. The third kappa shape index (κ3) is 4.17. The maximum Gasteiger partial charge on any atom is 0.408 e. The Morgan fingerprint density at radius 3 is 2.37 bits per heavy atom. The highest BCUT2D eigenvalue weighted by Gasteiger charge is 2.30. The Morgan fingerprint density at radius 2 is 1.70 bits per heavy atom. The minimum atomic E-state index is -3.70. The number of carbonyl (C=O) groups excluding carboxylic acids is 1. The van der Waals surface area contributed by atoms with Crippen molar-refractivity contribution in [3.63, 3.8) is 0 Å². The highest BCUT2D eigenvalue weighted by molar-refractivity contribution is 7.95. The van der Waals surface area contributed by atoms with Crippen LogP contribution >= 0.6 is 0 Å². The van der Waals surface area contributed by atoms with Crippen molar-refractivity contribution in [3.8, 4) is 0 Å². The van der Waals surface area contributed by atoms with E-state index in [1.54, 1.807) is 48.5 Å². The Morgan fingerprint density at radius 1 is 1.04 bits per heavy atom. The molecular formula is C19H17NO6S. The first kappa shape index (κ1) is 18.7. The van der Waals surface area contributed by atoms with E-state index in [9.17, 15) is 23.1 Å². The van der Waals surface area contributed by atoms with Gasteiger partial charge in [0.15, 0.2) is 0 Å². The predicted octanol–water partition coefficient (Wildman–Crippen LogP) is 2.24. The smallest absolute Gasteiger partial charge is 0.408 e. The van der Waals surface area contributed by atoms with Gasteiger partial charge in [-0.25, -0.2) is 18.0 Å². The summed E-state index contributed by atoms with van der Waals surface area (Å²) in [6.07, 6.45) is 0.527. The number of hydrogen-bond acceptors (Lipinski definition) is 5. The molecule has 0 aromatic heterocycles. The number of aliphatic carboxylic acids is 1. The van der Waals surface area contributed by atoms with Crippen LogP contribution in [0.2, 0.25) is 0 Å². The fraction of sp³-hybridized carbons (Fsp3) is 0.158. The fourth-order valence-electron chi connectivity index (χ4n) is 2.73. The molecule has 0 fully saturated rings. The first-order valence-corrected chi connectivity index (χ1v) is 9.61. The Balaban J connectivity index is 1.62. The van der Waals surface area contributed by atoms with Crippen LogP contribution in [0.1, 0.15) is 11.1 Å². The standard InChI is InChI=1S/C19H17NO6S/c21-18(22)16(10-13-6-2-1-3-7-13)20-19(23)26-12-15-11-14-8-4-5-9-17(14)27(15,24)25/h1-9,11,16H,10,12H2,(H,20,23)(H,21,22). The zero-order chi connectivity index (χ0) is 19.4. The third-order valence-corrected chi connectivity index (χ3v) is 5.97. The minimum Gasteiger partial charge on any atom is -0.480 e. The molecule has 7 nitrogen and oxygen atoms in total. The number of alkyl carbamates (subject to hydrolysis) is 1. The molecular weight excluding hydrogens is 370 g/mol. The van der Waals surface area contributed by atoms with Crippen molar-refractivity contribution in [3.05, 3.63) is 70.6 Å². The van der Waals surface area contributed by atoms with Crippen LogP contribution in [0.4, 0.5) is 4.79 Å². The summed E-state index contributed by atoms with van der Waals surface area (Å²) in [5.41, 5.74) is 1.27. The number of carboxylic acid groups (broad SMARTS) is 1. The molecule has 1 aliphatic rings. The maximum atomic E-state index is 12.4. The molecule has 0 saturated heterocycles. The van der Waals surface area contributed by atoms with E-state index in [1.807, 2.05) is 0 Å². The van der Waals surface area contributed by atoms with Crippen LogP contribution in [0.3, 0.4) is 0 Å². The van der Waals surface area contributed by atoms with Crippen molar-refractivity contribution in [2.45, 2.75) is 17.4 Å². The van der Waals surface area contributed by atoms with Crippen molar-refractivity contribution in [1.82, 2.24) is 5.32 Å². The van der Waals surface area contributed by atoms with Crippen LogP contribution in [-0.2, 0) is 25.8 Å². The normalized spacial score (nSPS) is 15.3. The number of sulfone groups is 1. The van der Waals surface area contributed by atoms with E-state index >= 15 is 0 Å². The molecule has 0 spiro atoms. The predicted molar refractivity (Wildman–Crippen MR) is 97.7 cm³/mol. The van der Waals surface area contributed by atoms with Crippen molar-refractivity contribution in [2.24, 2.45) is 0 Å². The molecule has 8 heteroatoms. The Bertz CT molecular complexity index is 998. The number of rotatable bonds is 6. The lowest BCUT2D eigenvalue weighted by Crippen LogP contribution is -2.42. The average molecular weight is 387 g/mol. The summed E-state index contributed by atoms with van der Waals surface area (Å²) in [6, 6.07) is 14.1. The number of ether oxygens (including phenoxy) is 1. The zero-order valence-electron chi connectivity index (χ0n) is 14.2. The number of carboxylic acids is 1. The molecule has 1 aliphatic heterocycles. The lowest BCUT2D eigenvalue weighted by Gasteiger charge is -2.15. The second-order valence-electron chi connectivity index (χ2n) is 5.95. The van der Waals surface area contributed by atoms with Crippen LogP contribution in [0.5, 0.6) is 0 Å². The molecule has 2 aromatic rings. The fourth-order valence-corrected chi connectivity index (χ4v) is 4.20. The van der Waals surface area contributed by atoms with E-state index in [0.29, 0.717) is 5.56 Å². The third-order valence-electron chi connectivity index (χ3n) is 4.09. The van der Waals surface area contributed by atoms with Gasteiger partial charge in [0.25, 0.3) is 0 Å². The molecule has 0 aliphatic carbocycles. The molecule has 1 heterocycles. The monoisotopic (exact) mass is 387 g/mol. The molecule has 2 aromatic carbocycles. The van der Waals surface area contributed by atoms with Crippen molar-refractivity contribution in [1.29, 1.82) is 0 Å². The summed E-state index contributed by atoms with van der Waals surface area (Å²) in [4.78, 5) is 23.5. The van der Waals surface area contributed by atoms with Crippen LogP contribution in [0.25, 0.3) is 6.08 Å². The summed E-state index contributed by atoms with van der Waals surface area (Å²) in [7, 11) is -3.70. The number of hydrogen-bond donors (Lipinski definition) is 2. The van der Waals surface area contributed by atoms with E-state index in [-0.39, 0.29) is 16.2 Å². The molecule has 1 amide bonds. The number of carbonyl (C=O) groups is 2. The molecule has 3 rings (SSSR count). The van der Waals surface area contributed by atoms with Crippen LogP contribution < -0.4 is 5.32 Å². The largest absolute Gasteiger partial charge is 0.480 e. The molecule has 0 saturated carbocycles. The highest BCUT2D eigenvalue weighted by atomic mass is 32.2. The Labute approximate surface area is 156 Å². The van der Waals surface area contributed by atoms with Gasteiger partial charge in [0.1, 0.15) is 12.6 Å². The molecule has 2 N–H and O–H groups in total. The average Bonchev–Trinajstić information content (AvgIpc) is 2.91. The van der Waals surface area contributed by atoms with Gasteiger partial charge < -0.3 is 15.2 Å². The van der Waals surface area contributed by atoms with E-state index in [0.717, 1.165) is 5.56 Å². The maximum absolute atomic E-state index is 12.4. The molecule has 0 bridgehead atoms. The molecule has 0 radical (unpaired) electrons. The Hall–Kier alpha value is -3.13. The molecule has 140 valence electrons. The molecule has 1 unspecified atom stereocenters. The molecule has 27 heavy (non-hydrogen) atoms. The summed E-state index contributed by atoms with van der Waals surface area (Å²) in [5, 5.41) is 11.5. The van der Waals surface area contributed by atoms with Gasteiger partial charge in [0, 0.05) is 6.42 Å². The summed E-state index contributed by atoms with van der Waals surface area (Å²) < 4.78 is 29.7. The first-order valence-electron chi connectivity index (χ1n) is 8.12. The quantitative estimate of drug-likeness (QED) is 0.787. The van der Waals surface area contributed by atoms with Gasteiger partial charge in [-0.1, -0.05) is 48.5 Å². The topological polar surface area (TPSA) is 110 Å². The van der Waals surface area contributed by atoms with E-state index < -0.39 is 34.5 Å². The Kier molecular flexibility index (Phi) is 5.27. The van der Waals surface area contributed by atoms with Gasteiger partial charge >= 0.3 is 12.1 Å². The van der Waals surface area contributed by atoms with E-state index in [4.69, 9.17) is 4.74 Å². The first-order chi connectivity index (χ1) is 12.9. The number of nitrogens with one attached hydrogen (secondary N) is 1. The van der Waals surface area contributed by atoms with Gasteiger partial charge in [-0.2, -0.15) is 0 Å². The second-order valence-corrected chi connectivity index (χ2v) is 7.92. The zero-order valence-corrected chi connectivity index (χ0v) is 15.0. The van der Waals surface area contributed by atoms with Gasteiger partial charge in [0.05, 0.1) is 9.80 Å². The second kappa shape index (κ2) is 7.63. The highest BCUT2D eigenvalue weighted by Crippen LogP contribution is 2.32. The lowest BCUT2D eigenvalue weighted by atomic mass is 10.1. The van der Waals surface area contributed by atoms with Gasteiger partial charge in [-0.05, 0) is 23.3 Å². The summed E-state index contributed by atoms with van der Waals surface area (Å²) >= 11 is 0. The number of fused-ring (bicyclic) bond motifs is 1. The summed E-state index contributed by atoms with van der Waals surface area (Å²) in [6.45, 7) is -0.472. The number of benzene rings is 2. The van der Waals surface area contributed by atoms with E-state index in [2.05, 4.69) is 5.32 Å². The van der Waals surface area contributed by atoms with E-state index in [1.165, 1.54) is 12.1 Å². The minimum absolute atomic E-state index is 0.0474. The molecule has 1 atom stereocenters. The van der Waals surface area contributed by atoms with Crippen molar-refractivity contribution < 1.29 is 27.9 Å². The van der Waals surface area contributed by atoms with Gasteiger partial charge in [0.2, 0.25) is 9.84 Å². The van der Waals surface area contributed by atoms with Crippen molar-refractivity contribution in [2.75, 3.05) is 6.61 Å². The van der Waals surface area contributed by atoms with Gasteiger partial charge in [-0.3, -0.25) is 0 Å². The van der Waals surface area contributed by atoms with Crippen LogP contribution in [0, 0.1) is 0 Å². The van der Waals surface area contributed by atoms with Crippen LogP contribution in [0.15, 0.2) is 64.4 Å². The van der Waals surface area contributed by atoms with Crippen LogP contribution in [-0.4, -0.2) is 38.2 Å². The van der Waals surface area contributed by atoms with Crippen molar-refractivity contribution >= 4 is 28.0 Å². The SMILES string of the molecule is O=C(NC(Cc1ccccc1)C(=O)O)OCC1=Cc2ccccc2S1(=O)=O. The van der Waals surface area contributed by atoms with Gasteiger partial charge in [-0.15, -0.1) is 0 Å².